The topological polar surface area (TPSA) is 99.4 Å². The van der Waals surface area contributed by atoms with E-state index in [9.17, 15) is 9.59 Å². The van der Waals surface area contributed by atoms with E-state index in [1.807, 2.05) is 36.4 Å². The Morgan fingerprint density at radius 2 is 2.05 bits per heavy atom. The van der Waals surface area contributed by atoms with E-state index in [1.165, 1.54) is 0 Å². The zero-order valence-corrected chi connectivity index (χ0v) is 11.8. The van der Waals surface area contributed by atoms with Crippen molar-refractivity contribution in [3.8, 4) is 6.07 Å². The molecular formula is C15H18N2O4. The molecule has 1 amide bonds. The fraction of sp³-hybridized carbons (Fsp3) is 0.400. The average molecular weight is 290 g/mol. The lowest BCUT2D eigenvalue weighted by Gasteiger charge is -2.19. The molecule has 0 spiro atoms. The van der Waals surface area contributed by atoms with E-state index in [0.717, 1.165) is 5.56 Å². The van der Waals surface area contributed by atoms with Gasteiger partial charge in [0.05, 0.1) is 12.7 Å². The molecule has 0 saturated carbocycles. The highest BCUT2D eigenvalue weighted by molar-refractivity contribution is 5.84. The smallest absolute Gasteiger partial charge is 0.326 e. The van der Waals surface area contributed by atoms with Crippen LogP contribution in [0.5, 0.6) is 0 Å². The molecule has 6 heteroatoms. The molecule has 0 aliphatic heterocycles. The second kappa shape index (κ2) is 8.72. The summed E-state index contributed by atoms with van der Waals surface area (Å²) in [4.78, 5) is 22.8. The lowest BCUT2D eigenvalue weighted by molar-refractivity contribution is -0.144. The Hall–Kier alpha value is -2.39. The Morgan fingerprint density at radius 3 is 2.62 bits per heavy atom. The zero-order chi connectivity index (χ0) is 15.7. The van der Waals surface area contributed by atoms with Crippen molar-refractivity contribution in [2.24, 2.45) is 5.92 Å². The van der Waals surface area contributed by atoms with E-state index in [1.54, 1.807) is 6.92 Å². The van der Waals surface area contributed by atoms with Crippen LogP contribution in [0, 0.1) is 17.2 Å². The van der Waals surface area contributed by atoms with Gasteiger partial charge in [-0.2, -0.15) is 5.26 Å². The molecule has 0 bridgehead atoms. The Labute approximate surface area is 123 Å². The minimum Gasteiger partial charge on any atom is -0.480 e. The number of ether oxygens (including phenoxy) is 1. The fourth-order valence-electron chi connectivity index (χ4n) is 1.76. The van der Waals surface area contributed by atoms with Crippen LogP contribution in [-0.2, 0) is 20.9 Å². The van der Waals surface area contributed by atoms with Crippen molar-refractivity contribution in [1.29, 1.82) is 5.26 Å². The molecule has 6 nitrogen and oxygen atoms in total. The normalized spacial score (nSPS) is 13.0. The SMILES string of the molecule is C[C@@H](CC#N)[C@@H](NC(=O)COCc1ccccc1)C(=O)O. The van der Waals surface area contributed by atoms with Gasteiger partial charge < -0.3 is 15.2 Å². The highest BCUT2D eigenvalue weighted by Gasteiger charge is 2.26. The van der Waals surface area contributed by atoms with Gasteiger partial charge in [0.2, 0.25) is 5.91 Å². The molecule has 21 heavy (non-hydrogen) atoms. The predicted molar refractivity (Wildman–Crippen MR) is 75.1 cm³/mol. The van der Waals surface area contributed by atoms with Gasteiger partial charge in [0.25, 0.3) is 0 Å². The van der Waals surface area contributed by atoms with Crippen molar-refractivity contribution < 1.29 is 19.4 Å². The maximum Gasteiger partial charge on any atom is 0.326 e. The Balaban J connectivity index is 2.40. The van der Waals surface area contributed by atoms with Crippen LogP contribution in [-0.4, -0.2) is 29.6 Å². The quantitative estimate of drug-likeness (QED) is 0.752. The number of rotatable bonds is 8. The number of carbonyl (C=O) groups excluding carboxylic acids is 1. The van der Waals surface area contributed by atoms with Crippen LogP contribution in [0.1, 0.15) is 18.9 Å². The number of carboxylic acid groups (broad SMARTS) is 1. The van der Waals surface area contributed by atoms with Crippen LogP contribution in [0.15, 0.2) is 30.3 Å². The molecule has 0 saturated heterocycles. The molecular weight excluding hydrogens is 272 g/mol. The monoisotopic (exact) mass is 290 g/mol. The summed E-state index contributed by atoms with van der Waals surface area (Å²) < 4.78 is 5.23. The maximum absolute atomic E-state index is 11.7. The Bertz CT molecular complexity index is 510. The Morgan fingerprint density at radius 1 is 1.38 bits per heavy atom. The van der Waals surface area contributed by atoms with Gasteiger partial charge in [-0.3, -0.25) is 4.79 Å². The average Bonchev–Trinajstić information content (AvgIpc) is 2.45. The molecule has 0 radical (unpaired) electrons. The summed E-state index contributed by atoms with van der Waals surface area (Å²) in [6.45, 7) is 1.66. The third kappa shape index (κ3) is 6.06. The number of amides is 1. The van der Waals surface area contributed by atoms with Crippen LogP contribution in [0.25, 0.3) is 0 Å². The second-order valence-corrected chi connectivity index (χ2v) is 4.70. The van der Waals surface area contributed by atoms with Gasteiger partial charge in [0.15, 0.2) is 0 Å². The van der Waals surface area contributed by atoms with E-state index < -0.39 is 23.8 Å². The molecule has 1 aromatic carbocycles. The summed E-state index contributed by atoms with van der Waals surface area (Å²) in [6, 6.07) is 10.2. The number of aliphatic carboxylic acids is 1. The standard InChI is InChI=1S/C15H18N2O4/c1-11(7-8-16)14(15(19)20)17-13(18)10-21-9-12-5-3-2-4-6-12/h2-6,11,14H,7,9-10H2,1H3,(H,17,18)(H,19,20)/t11-,14+/m0/s1. The van der Waals surface area contributed by atoms with Gasteiger partial charge in [-0.25, -0.2) is 4.79 Å². The molecule has 0 fully saturated rings. The molecule has 2 atom stereocenters. The van der Waals surface area contributed by atoms with Gasteiger partial charge in [-0.1, -0.05) is 37.3 Å². The molecule has 0 aromatic heterocycles. The van der Waals surface area contributed by atoms with E-state index in [0.29, 0.717) is 0 Å². The van der Waals surface area contributed by atoms with Crippen LogP contribution in [0.2, 0.25) is 0 Å². The molecule has 1 aromatic rings. The van der Waals surface area contributed by atoms with Gasteiger partial charge in [-0.05, 0) is 5.56 Å². The number of benzene rings is 1. The number of nitrogens with one attached hydrogen (secondary N) is 1. The first-order valence-electron chi connectivity index (χ1n) is 6.55. The van der Waals surface area contributed by atoms with E-state index in [4.69, 9.17) is 15.1 Å². The van der Waals surface area contributed by atoms with Crippen molar-refractivity contribution in [3.63, 3.8) is 0 Å². The molecule has 0 aliphatic carbocycles. The molecule has 112 valence electrons. The van der Waals surface area contributed by atoms with Gasteiger partial charge in [0, 0.05) is 12.3 Å². The van der Waals surface area contributed by atoms with Crippen molar-refractivity contribution in [2.75, 3.05) is 6.61 Å². The van der Waals surface area contributed by atoms with Gasteiger partial charge >= 0.3 is 5.97 Å². The largest absolute Gasteiger partial charge is 0.480 e. The highest BCUT2D eigenvalue weighted by Crippen LogP contribution is 2.08. The van der Waals surface area contributed by atoms with Gasteiger partial charge in [-0.15, -0.1) is 0 Å². The zero-order valence-electron chi connectivity index (χ0n) is 11.8. The van der Waals surface area contributed by atoms with Crippen molar-refractivity contribution >= 4 is 11.9 Å². The van der Waals surface area contributed by atoms with Gasteiger partial charge in [0.1, 0.15) is 12.6 Å². The van der Waals surface area contributed by atoms with E-state index in [-0.39, 0.29) is 19.6 Å². The van der Waals surface area contributed by atoms with Crippen LogP contribution in [0.4, 0.5) is 0 Å². The molecule has 0 aliphatic rings. The predicted octanol–water partition coefficient (Wildman–Crippen LogP) is 1.32. The number of hydrogen-bond acceptors (Lipinski definition) is 4. The van der Waals surface area contributed by atoms with Crippen molar-refractivity contribution in [2.45, 2.75) is 26.0 Å². The first-order valence-corrected chi connectivity index (χ1v) is 6.55. The summed E-state index contributed by atoms with van der Waals surface area (Å²) in [5.41, 5.74) is 0.929. The second-order valence-electron chi connectivity index (χ2n) is 4.70. The summed E-state index contributed by atoms with van der Waals surface area (Å²) >= 11 is 0. The maximum atomic E-state index is 11.7. The Kier molecular flexibility index (Phi) is 6.92. The lowest BCUT2D eigenvalue weighted by Crippen LogP contribution is -2.46. The van der Waals surface area contributed by atoms with Crippen LogP contribution < -0.4 is 5.32 Å². The first-order chi connectivity index (χ1) is 10.0. The number of hydrogen-bond donors (Lipinski definition) is 2. The highest BCUT2D eigenvalue weighted by atomic mass is 16.5. The lowest BCUT2D eigenvalue weighted by atomic mass is 9.99. The van der Waals surface area contributed by atoms with Crippen molar-refractivity contribution in [1.82, 2.24) is 5.32 Å². The fourth-order valence-corrected chi connectivity index (χ4v) is 1.76. The molecule has 0 unspecified atom stereocenters. The molecule has 0 heterocycles. The van der Waals surface area contributed by atoms with Crippen molar-refractivity contribution in [3.05, 3.63) is 35.9 Å². The van der Waals surface area contributed by atoms with Crippen LogP contribution >= 0.6 is 0 Å². The summed E-state index contributed by atoms with van der Waals surface area (Å²) in [5, 5.41) is 20.0. The van der Waals surface area contributed by atoms with Crippen LogP contribution in [0.3, 0.4) is 0 Å². The minimum absolute atomic E-state index is 0.0577. The van der Waals surface area contributed by atoms with E-state index in [2.05, 4.69) is 5.32 Å². The molecule has 2 N–H and O–H groups in total. The number of carboxylic acids is 1. The number of carbonyl (C=O) groups is 2. The summed E-state index contributed by atoms with van der Waals surface area (Å²) in [6.07, 6.45) is 0.0577. The minimum atomic E-state index is -1.16. The summed E-state index contributed by atoms with van der Waals surface area (Å²) in [7, 11) is 0. The third-order valence-electron chi connectivity index (χ3n) is 2.91. The number of nitriles is 1. The number of nitrogens with zero attached hydrogens (tertiary/aromatic N) is 1. The molecule has 1 rings (SSSR count). The third-order valence-corrected chi connectivity index (χ3v) is 2.91. The summed E-state index contributed by atoms with van der Waals surface area (Å²) in [5.74, 6) is -2.14. The van der Waals surface area contributed by atoms with E-state index >= 15 is 0 Å². The first kappa shape index (κ1) is 16.7.